The number of aliphatic hydroxyl groups is 2. The molecule has 132 valence electrons. The Hall–Kier alpha value is -0.0800. The molecule has 6 unspecified atom stereocenters. The van der Waals surface area contributed by atoms with Gasteiger partial charge in [-0.25, -0.2) is 0 Å². The van der Waals surface area contributed by atoms with Gasteiger partial charge in [0.15, 0.2) is 0 Å². The van der Waals surface area contributed by atoms with Crippen molar-refractivity contribution in [3.63, 3.8) is 0 Å². The van der Waals surface area contributed by atoms with Crippen molar-refractivity contribution in [1.29, 1.82) is 0 Å². The molecular weight excluding hydrogens is 284 g/mol. The van der Waals surface area contributed by atoms with Crippen LogP contribution >= 0.6 is 0 Å². The largest absolute Gasteiger partial charge is 0.393 e. The Balaban J connectivity index is 1.76. The number of fused-ring (bicyclic) bond motifs is 4. The zero-order valence-corrected chi connectivity index (χ0v) is 15.5. The summed E-state index contributed by atoms with van der Waals surface area (Å²) in [6.45, 7) is 9.93. The van der Waals surface area contributed by atoms with Gasteiger partial charge in [0.1, 0.15) is 0 Å². The summed E-state index contributed by atoms with van der Waals surface area (Å²) in [5, 5.41) is 20.8. The third-order valence-electron chi connectivity index (χ3n) is 8.70. The first-order valence-electron chi connectivity index (χ1n) is 10.0. The number of aliphatic hydroxyl groups excluding tert-OH is 2. The van der Waals surface area contributed by atoms with Crippen LogP contribution in [-0.4, -0.2) is 22.4 Å². The van der Waals surface area contributed by atoms with Crippen LogP contribution in [0.2, 0.25) is 0 Å². The Kier molecular flexibility index (Phi) is 3.54. The van der Waals surface area contributed by atoms with Gasteiger partial charge in [-0.2, -0.15) is 0 Å². The van der Waals surface area contributed by atoms with Crippen molar-refractivity contribution in [3.05, 3.63) is 0 Å². The van der Waals surface area contributed by atoms with Gasteiger partial charge in [-0.15, -0.1) is 0 Å². The summed E-state index contributed by atoms with van der Waals surface area (Å²) in [6.07, 6.45) is 8.92. The van der Waals surface area contributed by atoms with Crippen LogP contribution in [0.4, 0.5) is 0 Å². The second-order valence-corrected chi connectivity index (χ2v) is 10.9. The Morgan fingerprint density at radius 2 is 1.00 bits per heavy atom. The fourth-order valence-corrected chi connectivity index (χ4v) is 8.26. The molecule has 0 aromatic rings. The third-order valence-corrected chi connectivity index (χ3v) is 8.70. The van der Waals surface area contributed by atoms with Crippen molar-refractivity contribution >= 4 is 0 Å². The molecule has 0 bridgehead atoms. The predicted octanol–water partition coefficient (Wildman–Crippen LogP) is 4.39. The van der Waals surface area contributed by atoms with Crippen LogP contribution < -0.4 is 0 Å². The van der Waals surface area contributed by atoms with Crippen molar-refractivity contribution in [1.82, 2.24) is 0 Å². The monoisotopic (exact) mass is 320 g/mol. The maximum Gasteiger partial charge on any atom is 0.0543 e. The smallest absolute Gasteiger partial charge is 0.0543 e. The maximum absolute atomic E-state index is 10.4. The van der Waals surface area contributed by atoms with Crippen LogP contribution in [0, 0.1) is 39.9 Å². The van der Waals surface area contributed by atoms with Crippen LogP contribution in [0.3, 0.4) is 0 Å². The molecule has 0 heterocycles. The highest BCUT2D eigenvalue weighted by molar-refractivity contribution is 5.16. The maximum atomic E-state index is 10.4. The average molecular weight is 321 g/mol. The van der Waals surface area contributed by atoms with Crippen LogP contribution in [0.15, 0.2) is 0 Å². The van der Waals surface area contributed by atoms with Crippen LogP contribution in [-0.2, 0) is 0 Å². The first kappa shape index (κ1) is 16.4. The van der Waals surface area contributed by atoms with E-state index < -0.39 is 0 Å². The van der Waals surface area contributed by atoms with Gasteiger partial charge in [-0.1, -0.05) is 27.7 Å². The molecule has 6 atom stereocenters. The minimum absolute atomic E-state index is 0.0855. The first-order valence-corrected chi connectivity index (χ1v) is 10.0. The molecule has 0 radical (unpaired) electrons. The van der Waals surface area contributed by atoms with Gasteiger partial charge < -0.3 is 10.2 Å². The molecule has 0 aliphatic heterocycles. The average Bonchev–Trinajstić information content (AvgIpc) is 2.78. The molecule has 4 aliphatic rings. The van der Waals surface area contributed by atoms with Gasteiger partial charge in [0, 0.05) is 0 Å². The molecule has 0 saturated heterocycles. The van der Waals surface area contributed by atoms with E-state index in [2.05, 4.69) is 27.7 Å². The van der Waals surface area contributed by atoms with E-state index in [9.17, 15) is 10.2 Å². The van der Waals surface area contributed by atoms with E-state index in [1.165, 1.54) is 25.7 Å². The van der Waals surface area contributed by atoms with E-state index >= 15 is 0 Å². The molecule has 23 heavy (non-hydrogen) atoms. The van der Waals surface area contributed by atoms with Gasteiger partial charge in [0.2, 0.25) is 0 Å². The van der Waals surface area contributed by atoms with Gasteiger partial charge in [0.25, 0.3) is 0 Å². The lowest BCUT2D eigenvalue weighted by molar-refractivity contribution is -0.0233. The normalized spacial score (nSPS) is 54.0. The van der Waals surface area contributed by atoms with E-state index in [-0.39, 0.29) is 12.2 Å². The molecule has 1 spiro atoms. The predicted molar refractivity (Wildman–Crippen MR) is 92.9 cm³/mol. The van der Waals surface area contributed by atoms with Crippen molar-refractivity contribution in [2.24, 2.45) is 39.9 Å². The first-order chi connectivity index (χ1) is 10.7. The lowest BCUT2D eigenvalue weighted by Gasteiger charge is -2.46. The fourth-order valence-electron chi connectivity index (χ4n) is 8.26. The topological polar surface area (TPSA) is 40.5 Å². The SMILES string of the molecule is CC1(C)CC2(CC(C)(C)C3CCC(O)CC32)C2CC(O)CCC21. The van der Waals surface area contributed by atoms with Gasteiger partial charge >= 0.3 is 0 Å². The van der Waals surface area contributed by atoms with E-state index in [0.717, 1.165) is 37.5 Å². The lowest BCUT2D eigenvalue weighted by Crippen LogP contribution is -2.41. The molecule has 4 aliphatic carbocycles. The Bertz CT molecular complexity index is 436. The molecule has 4 fully saturated rings. The summed E-state index contributed by atoms with van der Waals surface area (Å²) >= 11 is 0. The molecule has 2 nitrogen and oxygen atoms in total. The van der Waals surface area contributed by atoms with Crippen molar-refractivity contribution in [3.8, 4) is 0 Å². The van der Waals surface area contributed by atoms with Crippen LogP contribution in [0.25, 0.3) is 0 Å². The Labute approximate surface area is 142 Å². The molecule has 0 amide bonds. The Morgan fingerprint density at radius 3 is 1.39 bits per heavy atom. The molecule has 2 heteroatoms. The second-order valence-electron chi connectivity index (χ2n) is 10.9. The van der Waals surface area contributed by atoms with E-state index in [1.807, 2.05) is 0 Å². The lowest BCUT2D eigenvalue weighted by atomic mass is 9.60. The molecule has 0 aromatic carbocycles. The molecule has 0 aromatic heterocycles. The summed E-state index contributed by atoms with van der Waals surface area (Å²) in [5.41, 5.74) is 1.18. The van der Waals surface area contributed by atoms with Gasteiger partial charge in [-0.05, 0) is 91.3 Å². The van der Waals surface area contributed by atoms with Crippen molar-refractivity contribution in [2.75, 3.05) is 0 Å². The molecular formula is C21H36O2. The van der Waals surface area contributed by atoms with Crippen molar-refractivity contribution < 1.29 is 10.2 Å². The molecule has 4 rings (SSSR count). The zero-order valence-electron chi connectivity index (χ0n) is 15.5. The minimum Gasteiger partial charge on any atom is -0.393 e. The fraction of sp³-hybridized carbons (Fsp3) is 1.00. The quantitative estimate of drug-likeness (QED) is 0.695. The summed E-state index contributed by atoms with van der Waals surface area (Å²) in [4.78, 5) is 0. The zero-order chi connectivity index (χ0) is 16.6. The van der Waals surface area contributed by atoms with Crippen molar-refractivity contribution in [2.45, 2.75) is 91.3 Å². The van der Waals surface area contributed by atoms with Gasteiger partial charge in [0.05, 0.1) is 12.2 Å². The Morgan fingerprint density at radius 1 is 0.609 bits per heavy atom. The number of rotatable bonds is 0. The highest BCUT2D eigenvalue weighted by Crippen LogP contribution is 2.74. The second kappa shape index (κ2) is 4.97. The van der Waals surface area contributed by atoms with E-state index in [4.69, 9.17) is 0 Å². The molecule has 4 saturated carbocycles. The summed E-state index contributed by atoms with van der Waals surface area (Å²) in [5.74, 6) is 2.92. The van der Waals surface area contributed by atoms with Crippen LogP contribution in [0.5, 0.6) is 0 Å². The highest BCUT2D eigenvalue weighted by atomic mass is 16.3. The van der Waals surface area contributed by atoms with Gasteiger partial charge in [-0.3, -0.25) is 0 Å². The standard InChI is InChI=1S/C21H36O2/c1-19(2)11-21(17-9-13(22)5-7-15(17)19)12-20(3,4)16-8-6-14(23)10-18(16)21/h13-18,22-23H,5-12H2,1-4H3. The highest BCUT2D eigenvalue weighted by Gasteiger charge is 2.67. The third kappa shape index (κ3) is 2.27. The number of hydrogen-bond donors (Lipinski definition) is 2. The minimum atomic E-state index is -0.0855. The molecule has 2 N–H and O–H groups in total. The summed E-state index contributed by atoms with van der Waals surface area (Å²) < 4.78 is 0. The number of hydrogen-bond acceptors (Lipinski definition) is 2. The van der Waals surface area contributed by atoms with E-state index in [0.29, 0.717) is 28.1 Å². The van der Waals surface area contributed by atoms with E-state index in [1.54, 1.807) is 0 Å². The summed E-state index contributed by atoms with van der Waals surface area (Å²) in [7, 11) is 0. The van der Waals surface area contributed by atoms with Crippen LogP contribution in [0.1, 0.15) is 79.1 Å². The summed E-state index contributed by atoms with van der Waals surface area (Å²) in [6, 6.07) is 0.